The van der Waals surface area contributed by atoms with Gasteiger partial charge < -0.3 is 20.1 Å². The molecule has 0 unspecified atom stereocenters. The molecule has 3 heterocycles. The van der Waals surface area contributed by atoms with Gasteiger partial charge >= 0.3 is 0 Å². The second-order valence-electron chi connectivity index (χ2n) is 11.0. The highest BCUT2D eigenvalue weighted by Gasteiger charge is 2.30. The maximum Gasteiger partial charge on any atom is 0.270 e. The lowest BCUT2D eigenvalue weighted by Gasteiger charge is -2.26. The first-order chi connectivity index (χ1) is 20.9. The van der Waals surface area contributed by atoms with Crippen molar-refractivity contribution in [3.63, 3.8) is 0 Å². The van der Waals surface area contributed by atoms with Crippen LogP contribution in [0.15, 0.2) is 79.3 Å². The number of hydrogen-bond acceptors (Lipinski definition) is 6. The zero-order valence-corrected chi connectivity index (χ0v) is 23.9. The third-order valence-corrected chi connectivity index (χ3v) is 7.92. The van der Waals surface area contributed by atoms with Gasteiger partial charge in [0.2, 0.25) is 5.91 Å². The fourth-order valence-corrected chi connectivity index (χ4v) is 5.64. The van der Waals surface area contributed by atoms with Crippen molar-refractivity contribution in [1.29, 1.82) is 0 Å². The molecule has 1 saturated heterocycles. The number of benzene rings is 3. The summed E-state index contributed by atoms with van der Waals surface area (Å²) in [6, 6.07) is 20.1. The highest BCUT2D eigenvalue weighted by Crippen LogP contribution is 2.39. The Hall–Kier alpha value is -5.25. The maximum atomic E-state index is 13.3. The number of imidazole rings is 1. The van der Waals surface area contributed by atoms with Crippen molar-refractivity contribution in [2.75, 3.05) is 23.7 Å². The van der Waals surface area contributed by atoms with E-state index in [0.717, 1.165) is 66.8 Å². The summed E-state index contributed by atoms with van der Waals surface area (Å²) in [7, 11) is 1.92. The van der Waals surface area contributed by atoms with Gasteiger partial charge in [0.1, 0.15) is 0 Å². The number of piperidine rings is 1. The molecule has 0 spiro atoms. The van der Waals surface area contributed by atoms with Crippen LogP contribution in [0.1, 0.15) is 42.4 Å². The smallest absolute Gasteiger partial charge is 0.270 e. The summed E-state index contributed by atoms with van der Waals surface area (Å²) in [6.07, 6.45) is 8.08. The SMILES string of the molecule is Cn1cnc(-c2ccc(NC(=C3C(=O)Nc4ccc([N+](=O)[O-])cc43)c3ccc(CCCN4CCCCC4=O)cc3)cc2)c1. The molecule has 0 atom stereocenters. The molecule has 3 aromatic carbocycles. The van der Waals surface area contributed by atoms with Gasteiger partial charge in [-0.25, -0.2) is 4.98 Å². The van der Waals surface area contributed by atoms with Crippen molar-refractivity contribution >= 4 is 40.1 Å². The predicted molar refractivity (Wildman–Crippen MR) is 166 cm³/mol. The number of nitrogens with one attached hydrogen (secondary N) is 2. The number of hydrogen-bond donors (Lipinski definition) is 2. The van der Waals surface area contributed by atoms with Crippen LogP contribution in [0.2, 0.25) is 0 Å². The number of likely N-dealkylation sites (tertiary alicyclic amines) is 1. The molecule has 10 heteroatoms. The number of aryl methyl sites for hydroxylation is 2. The zero-order valence-electron chi connectivity index (χ0n) is 23.9. The van der Waals surface area contributed by atoms with E-state index in [-0.39, 0.29) is 17.5 Å². The van der Waals surface area contributed by atoms with Crippen LogP contribution >= 0.6 is 0 Å². The number of anilines is 2. The van der Waals surface area contributed by atoms with E-state index in [2.05, 4.69) is 15.6 Å². The number of rotatable bonds is 9. The van der Waals surface area contributed by atoms with Crippen LogP contribution in [0.25, 0.3) is 22.5 Å². The second-order valence-corrected chi connectivity index (χ2v) is 11.0. The molecule has 0 radical (unpaired) electrons. The molecule has 218 valence electrons. The van der Waals surface area contributed by atoms with Gasteiger partial charge in [-0.1, -0.05) is 36.4 Å². The molecule has 43 heavy (non-hydrogen) atoms. The first kappa shape index (κ1) is 27.9. The minimum atomic E-state index is -0.462. The van der Waals surface area contributed by atoms with E-state index in [1.807, 2.05) is 71.2 Å². The third-order valence-electron chi connectivity index (χ3n) is 7.92. The first-order valence-electron chi connectivity index (χ1n) is 14.4. The minimum absolute atomic E-state index is 0.0886. The fourth-order valence-electron chi connectivity index (χ4n) is 5.64. The van der Waals surface area contributed by atoms with Gasteiger partial charge in [0.05, 0.1) is 28.2 Å². The number of nitro groups is 1. The van der Waals surface area contributed by atoms with E-state index in [1.54, 1.807) is 12.4 Å². The number of nitrogens with zero attached hydrogens (tertiary/aromatic N) is 4. The lowest BCUT2D eigenvalue weighted by Crippen LogP contribution is -2.36. The molecular formula is C33H32N6O4. The number of fused-ring (bicyclic) bond motifs is 1. The van der Waals surface area contributed by atoms with E-state index < -0.39 is 4.92 Å². The zero-order chi connectivity index (χ0) is 29.9. The molecular weight excluding hydrogens is 544 g/mol. The van der Waals surface area contributed by atoms with Crippen LogP contribution in [0.4, 0.5) is 17.1 Å². The van der Waals surface area contributed by atoms with Crippen molar-refractivity contribution < 1.29 is 14.5 Å². The maximum absolute atomic E-state index is 13.3. The molecule has 2 aliphatic rings. The topological polar surface area (TPSA) is 122 Å². The van der Waals surface area contributed by atoms with Crippen molar-refractivity contribution in [2.24, 2.45) is 7.05 Å². The van der Waals surface area contributed by atoms with Gasteiger partial charge in [0.15, 0.2) is 0 Å². The van der Waals surface area contributed by atoms with Gasteiger partial charge in [0, 0.05) is 67.4 Å². The van der Waals surface area contributed by atoms with Gasteiger partial charge in [-0.2, -0.15) is 0 Å². The highest BCUT2D eigenvalue weighted by molar-refractivity contribution is 6.37. The van der Waals surface area contributed by atoms with Gasteiger partial charge in [0.25, 0.3) is 11.6 Å². The Bertz CT molecular complexity index is 1720. The van der Waals surface area contributed by atoms with E-state index >= 15 is 0 Å². The standard InChI is InChI=1S/C33H32N6O4/c1-37-20-29(34-21-37)23-11-13-25(14-12-23)35-32(31-27-19-26(39(42)43)15-16-28(27)36-33(31)41)24-9-7-22(8-10-24)5-4-18-38-17-3-2-6-30(38)40/h7-16,19-21,35H,2-6,17-18H2,1H3,(H,36,41). The molecule has 2 N–H and O–H groups in total. The Kier molecular flexibility index (Phi) is 7.74. The molecule has 0 saturated carbocycles. The number of amides is 2. The number of carbonyl (C=O) groups is 2. The van der Waals surface area contributed by atoms with E-state index in [1.165, 1.54) is 12.1 Å². The van der Waals surface area contributed by atoms with Crippen molar-refractivity contribution in [3.8, 4) is 11.3 Å². The van der Waals surface area contributed by atoms with E-state index in [0.29, 0.717) is 28.9 Å². The fraction of sp³-hybridized carbons (Fsp3) is 0.242. The van der Waals surface area contributed by atoms with Crippen molar-refractivity contribution in [3.05, 3.63) is 106 Å². The van der Waals surface area contributed by atoms with E-state index in [9.17, 15) is 19.7 Å². The van der Waals surface area contributed by atoms with Gasteiger partial charge in [-0.05, 0) is 55.0 Å². The Morgan fingerprint density at radius 2 is 1.84 bits per heavy atom. The van der Waals surface area contributed by atoms with Crippen LogP contribution in [0, 0.1) is 10.1 Å². The Morgan fingerprint density at radius 1 is 1.05 bits per heavy atom. The monoisotopic (exact) mass is 576 g/mol. The van der Waals surface area contributed by atoms with Crippen LogP contribution in [-0.2, 0) is 23.1 Å². The summed E-state index contributed by atoms with van der Waals surface area (Å²) in [5, 5.41) is 17.8. The summed E-state index contributed by atoms with van der Waals surface area (Å²) < 4.78 is 1.89. The van der Waals surface area contributed by atoms with E-state index in [4.69, 9.17) is 0 Å². The van der Waals surface area contributed by atoms with Gasteiger partial charge in [-0.15, -0.1) is 0 Å². The van der Waals surface area contributed by atoms with Crippen LogP contribution in [-0.4, -0.2) is 44.3 Å². The summed E-state index contributed by atoms with van der Waals surface area (Å²) >= 11 is 0. The first-order valence-corrected chi connectivity index (χ1v) is 14.4. The molecule has 1 aromatic heterocycles. The lowest BCUT2D eigenvalue weighted by molar-refractivity contribution is -0.384. The molecule has 1 fully saturated rings. The van der Waals surface area contributed by atoms with Crippen molar-refractivity contribution in [2.45, 2.75) is 32.1 Å². The van der Waals surface area contributed by atoms with Crippen molar-refractivity contribution in [1.82, 2.24) is 14.5 Å². The van der Waals surface area contributed by atoms with Crippen LogP contribution in [0.3, 0.4) is 0 Å². The quantitative estimate of drug-likeness (QED) is 0.146. The average Bonchev–Trinajstić information content (AvgIpc) is 3.59. The van der Waals surface area contributed by atoms with Crippen LogP contribution < -0.4 is 10.6 Å². The Balaban J connectivity index is 1.30. The summed E-state index contributed by atoms with van der Waals surface area (Å²) in [4.78, 5) is 42.9. The summed E-state index contributed by atoms with van der Waals surface area (Å²) in [6.45, 7) is 1.59. The molecule has 0 bridgehead atoms. The Labute approximate surface area is 249 Å². The van der Waals surface area contributed by atoms with Gasteiger partial charge in [-0.3, -0.25) is 19.7 Å². The Morgan fingerprint density at radius 3 is 2.53 bits per heavy atom. The molecule has 10 nitrogen and oxygen atoms in total. The second kappa shape index (κ2) is 11.9. The summed E-state index contributed by atoms with van der Waals surface area (Å²) in [5.41, 5.74) is 6.26. The number of non-ortho nitro benzene ring substituents is 1. The number of nitro benzene ring substituents is 1. The number of carbonyl (C=O) groups excluding carboxylic acids is 2. The molecule has 4 aromatic rings. The molecule has 6 rings (SSSR count). The predicted octanol–water partition coefficient (Wildman–Crippen LogP) is 5.87. The lowest BCUT2D eigenvalue weighted by atomic mass is 9.98. The molecule has 2 amide bonds. The molecule has 0 aliphatic carbocycles. The average molecular weight is 577 g/mol. The van der Waals surface area contributed by atoms with Crippen LogP contribution in [0.5, 0.6) is 0 Å². The summed E-state index contributed by atoms with van der Waals surface area (Å²) in [5.74, 6) is -0.0919. The highest BCUT2D eigenvalue weighted by atomic mass is 16.6. The minimum Gasteiger partial charge on any atom is -0.354 e. The number of aromatic nitrogens is 2. The molecule has 2 aliphatic heterocycles. The largest absolute Gasteiger partial charge is 0.354 e. The third kappa shape index (κ3) is 6.04. The normalized spacial score (nSPS) is 15.7.